The summed E-state index contributed by atoms with van der Waals surface area (Å²) in [4.78, 5) is 4.92. The summed E-state index contributed by atoms with van der Waals surface area (Å²) in [6, 6.07) is 28.9. The molecule has 0 saturated heterocycles. The molecule has 3 N–H and O–H groups in total. The summed E-state index contributed by atoms with van der Waals surface area (Å²) in [7, 11) is 0. The summed E-state index contributed by atoms with van der Waals surface area (Å²) in [5.41, 5.74) is 2.35. The predicted molar refractivity (Wildman–Crippen MR) is 114 cm³/mol. The number of rotatable bonds is 6. The molecule has 1 aliphatic heterocycles. The first-order chi connectivity index (χ1) is 14.2. The molecule has 0 radical (unpaired) electrons. The molecule has 3 aromatic carbocycles. The summed E-state index contributed by atoms with van der Waals surface area (Å²) < 4.78 is 6.28. The first kappa shape index (κ1) is 19.3. The molecule has 0 aromatic heterocycles. The first-order valence-electron chi connectivity index (χ1n) is 9.85. The lowest BCUT2D eigenvalue weighted by atomic mass is 10.0. The Morgan fingerprint density at radius 2 is 1.38 bits per heavy atom. The number of ether oxygens (including phenoxy) is 1. The van der Waals surface area contributed by atoms with Gasteiger partial charge in [-0.3, -0.25) is 0 Å². The molecule has 0 aliphatic carbocycles. The second-order valence-electron chi connectivity index (χ2n) is 7.01. The predicted octanol–water partition coefficient (Wildman–Crippen LogP) is 3.67. The molecular weight excluding hydrogens is 362 g/mol. The van der Waals surface area contributed by atoms with Gasteiger partial charge < -0.3 is 15.2 Å². The van der Waals surface area contributed by atoms with E-state index >= 15 is 0 Å². The molecule has 5 nitrogen and oxygen atoms in total. The van der Waals surface area contributed by atoms with E-state index in [2.05, 4.69) is 10.6 Å². The number of aliphatic imine (C=N–C) groups is 1. The maximum Gasteiger partial charge on any atom is 0.249 e. The Labute approximate surface area is 171 Å². The number of nitrogens with one attached hydrogen (secondary N) is 2. The highest BCUT2D eigenvalue weighted by Gasteiger charge is 2.47. The second-order valence-corrected chi connectivity index (χ2v) is 7.01. The van der Waals surface area contributed by atoms with Crippen LogP contribution < -0.4 is 10.6 Å². The molecule has 4 rings (SSSR count). The van der Waals surface area contributed by atoms with E-state index in [-0.39, 0.29) is 0 Å². The van der Waals surface area contributed by atoms with Crippen molar-refractivity contribution in [3.63, 3.8) is 0 Å². The van der Waals surface area contributed by atoms with Crippen LogP contribution in [0.4, 0.5) is 0 Å². The van der Waals surface area contributed by atoms with Crippen molar-refractivity contribution in [3.05, 3.63) is 108 Å². The fourth-order valence-corrected chi connectivity index (χ4v) is 3.42. The van der Waals surface area contributed by atoms with E-state index < -0.39 is 11.7 Å². The molecule has 0 fully saturated rings. The van der Waals surface area contributed by atoms with E-state index in [1.807, 2.05) is 97.9 Å². The van der Waals surface area contributed by atoms with Gasteiger partial charge in [0.05, 0.1) is 6.61 Å². The number of benzene rings is 3. The van der Waals surface area contributed by atoms with Crippen LogP contribution in [0.5, 0.6) is 0 Å². The van der Waals surface area contributed by atoms with Crippen molar-refractivity contribution >= 4 is 5.84 Å². The molecule has 0 spiro atoms. The number of amidine groups is 1. The first-order valence-corrected chi connectivity index (χ1v) is 9.85. The van der Waals surface area contributed by atoms with Crippen LogP contribution in [0.25, 0.3) is 0 Å². The number of nitrogens with zero attached hydrogens (tertiary/aromatic N) is 1. The standard InChI is InChI=1S/C24H25N3O2/c1-2-18-29-24(21-16-10-5-11-17-21)26-22(19-12-6-3-7-13-19)25-23(28,27-24)20-14-8-4-9-15-20/h3-17,27-28H,2,18H2,1H3,(H,25,26). The zero-order chi connectivity index (χ0) is 20.2. The lowest BCUT2D eigenvalue weighted by Gasteiger charge is -2.45. The molecule has 2 unspecified atom stereocenters. The van der Waals surface area contributed by atoms with Crippen molar-refractivity contribution in [1.82, 2.24) is 10.6 Å². The minimum atomic E-state index is -1.57. The third-order valence-corrected chi connectivity index (χ3v) is 4.84. The van der Waals surface area contributed by atoms with Gasteiger partial charge in [-0.1, -0.05) is 97.9 Å². The Hall–Kier alpha value is -2.99. The Bertz CT molecular complexity index is 963. The number of hydrogen-bond acceptors (Lipinski definition) is 5. The molecular formula is C24H25N3O2. The zero-order valence-electron chi connectivity index (χ0n) is 16.4. The van der Waals surface area contributed by atoms with Crippen molar-refractivity contribution in [1.29, 1.82) is 0 Å². The van der Waals surface area contributed by atoms with Crippen LogP contribution in [0.1, 0.15) is 30.0 Å². The molecule has 0 bridgehead atoms. The lowest BCUT2D eigenvalue weighted by Crippen LogP contribution is -2.67. The smallest absolute Gasteiger partial charge is 0.249 e. The van der Waals surface area contributed by atoms with Crippen LogP contribution in [0, 0.1) is 0 Å². The summed E-state index contributed by atoms with van der Waals surface area (Å²) in [6.45, 7) is 2.53. The van der Waals surface area contributed by atoms with Crippen LogP contribution in [0.2, 0.25) is 0 Å². The van der Waals surface area contributed by atoms with E-state index in [0.29, 0.717) is 18.0 Å². The van der Waals surface area contributed by atoms with Gasteiger partial charge in [-0.2, -0.15) is 0 Å². The Kier molecular flexibility index (Phi) is 5.45. The minimum Gasteiger partial charge on any atom is -0.355 e. The van der Waals surface area contributed by atoms with Gasteiger partial charge in [0.1, 0.15) is 5.84 Å². The van der Waals surface area contributed by atoms with Gasteiger partial charge in [0.25, 0.3) is 0 Å². The average molecular weight is 387 g/mol. The van der Waals surface area contributed by atoms with Gasteiger partial charge in [-0.25, -0.2) is 10.3 Å². The SMILES string of the molecule is CCCOC1(c2ccccc2)N=C(c2ccccc2)NC(O)(c2ccccc2)N1. The third kappa shape index (κ3) is 3.93. The molecule has 148 valence electrons. The van der Waals surface area contributed by atoms with Gasteiger partial charge in [-0.05, 0) is 6.42 Å². The molecule has 1 heterocycles. The second kappa shape index (κ2) is 8.17. The molecule has 3 aromatic rings. The monoisotopic (exact) mass is 387 g/mol. The Morgan fingerprint density at radius 3 is 1.97 bits per heavy atom. The van der Waals surface area contributed by atoms with Gasteiger partial charge in [0.2, 0.25) is 11.7 Å². The van der Waals surface area contributed by atoms with Crippen LogP contribution in [0.15, 0.2) is 96.0 Å². The molecule has 0 amide bonds. The van der Waals surface area contributed by atoms with E-state index in [9.17, 15) is 5.11 Å². The zero-order valence-corrected chi connectivity index (χ0v) is 16.4. The maximum absolute atomic E-state index is 11.7. The molecule has 1 aliphatic rings. The van der Waals surface area contributed by atoms with Crippen molar-refractivity contribution in [2.75, 3.05) is 6.61 Å². The van der Waals surface area contributed by atoms with Gasteiger partial charge in [-0.15, -0.1) is 0 Å². The summed E-state index contributed by atoms with van der Waals surface area (Å²) in [5.74, 6) is -2.26. The molecule has 29 heavy (non-hydrogen) atoms. The minimum absolute atomic E-state index is 0.484. The third-order valence-electron chi connectivity index (χ3n) is 4.84. The highest BCUT2D eigenvalue weighted by atomic mass is 16.5. The van der Waals surface area contributed by atoms with Crippen molar-refractivity contribution < 1.29 is 9.84 Å². The number of hydrogen-bond donors (Lipinski definition) is 3. The fourth-order valence-electron chi connectivity index (χ4n) is 3.42. The normalized spacial score (nSPS) is 23.9. The van der Waals surface area contributed by atoms with E-state index in [0.717, 1.165) is 17.5 Å². The number of aliphatic hydroxyl groups is 1. The molecule has 2 atom stereocenters. The quantitative estimate of drug-likeness (QED) is 0.604. The van der Waals surface area contributed by atoms with E-state index in [1.54, 1.807) is 0 Å². The van der Waals surface area contributed by atoms with Crippen LogP contribution in [-0.2, 0) is 16.4 Å². The van der Waals surface area contributed by atoms with Crippen molar-refractivity contribution in [2.24, 2.45) is 4.99 Å². The van der Waals surface area contributed by atoms with Crippen LogP contribution in [0.3, 0.4) is 0 Å². The van der Waals surface area contributed by atoms with Crippen LogP contribution >= 0.6 is 0 Å². The van der Waals surface area contributed by atoms with Gasteiger partial charge in [0, 0.05) is 16.7 Å². The highest BCUT2D eigenvalue weighted by Crippen LogP contribution is 2.33. The summed E-state index contributed by atoms with van der Waals surface area (Å²) >= 11 is 0. The largest absolute Gasteiger partial charge is 0.355 e. The maximum atomic E-state index is 11.7. The van der Waals surface area contributed by atoms with Crippen molar-refractivity contribution in [2.45, 2.75) is 25.0 Å². The van der Waals surface area contributed by atoms with Gasteiger partial charge in [0.15, 0.2) is 0 Å². The summed E-state index contributed by atoms with van der Waals surface area (Å²) in [6.07, 6.45) is 0.823. The topological polar surface area (TPSA) is 65.9 Å². The van der Waals surface area contributed by atoms with Crippen LogP contribution in [-0.4, -0.2) is 17.5 Å². The molecule has 5 heteroatoms. The molecule has 0 saturated carbocycles. The lowest BCUT2D eigenvalue weighted by molar-refractivity contribution is -0.158. The van der Waals surface area contributed by atoms with Crippen molar-refractivity contribution in [3.8, 4) is 0 Å². The fraction of sp³-hybridized carbons (Fsp3) is 0.208. The van der Waals surface area contributed by atoms with E-state index in [4.69, 9.17) is 9.73 Å². The average Bonchev–Trinajstić information content (AvgIpc) is 2.79. The highest BCUT2D eigenvalue weighted by molar-refractivity contribution is 5.99. The Balaban J connectivity index is 1.89. The Morgan fingerprint density at radius 1 is 0.828 bits per heavy atom. The van der Waals surface area contributed by atoms with E-state index in [1.165, 1.54) is 0 Å². The van der Waals surface area contributed by atoms with Gasteiger partial charge >= 0.3 is 0 Å². The summed E-state index contributed by atoms with van der Waals surface area (Å²) in [5, 5.41) is 18.1.